The predicted molar refractivity (Wildman–Crippen MR) is 80.5 cm³/mol. The van der Waals surface area contributed by atoms with Crippen LogP contribution in [0, 0.1) is 27.7 Å². The third-order valence-electron chi connectivity index (χ3n) is 3.26. The normalized spacial score (nSPS) is 12.8. The summed E-state index contributed by atoms with van der Waals surface area (Å²) in [5.74, 6) is 0. The molecule has 1 aromatic carbocycles. The maximum Gasteiger partial charge on any atom is 0.0738 e. The van der Waals surface area contributed by atoms with Crippen LogP contribution >= 0.6 is 27.3 Å². The van der Waals surface area contributed by atoms with Crippen LogP contribution in [0.5, 0.6) is 0 Å². The van der Waals surface area contributed by atoms with Crippen LogP contribution < -0.4 is 0 Å². The van der Waals surface area contributed by atoms with Crippen molar-refractivity contribution < 1.29 is 0 Å². The molecule has 0 radical (unpaired) electrons. The Hall–Kier alpha value is -0.600. The van der Waals surface area contributed by atoms with E-state index in [1.54, 1.807) is 0 Å². The minimum Gasteiger partial charge on any atom is -0.144 e. The van der Waals surface area contributed by atoms with Crippen molar-refractivity contribution in [2.75, 3.05) is 0 Å². The number of alkyl halides is 1. The van der Waals surface area contributed by atoms with Crippen molar-refractivity contribution in [3.63, 3.8) is 0 Å². The molecule has 0 aliphatic carbocycles. The maximum absolute atomic E-state index is 3.81. The van der Waals surface area contributed by atoms with Gasteiger partial charge < -0.3 is 0 Å². The Bertz CT molecular complexity index is 520. The number of rotatable bonds is 2. The summed E-state index contributed by atoms with van der Waals surface area (Å²) in [4.78, 5) is 3.12. The van der Waals surface area contributed by atoms with Crippen LogP contribution in [0.4, 0.5) is 0 Å². The van der Waals surface area contributed by atoms with E-state index in [-0.39, 0.29) is 0 Å². The summed E-state index contributed by atoms with van der Waals surface area (Å²) in [5, 5.41) is 0. The third kappa shape index (κ3) is 2.63. The monoisotopic (exact) mass is 308 g/mol. The zero-order valence-corrected chi connectivity index (χ0v) is 13.1. The van der Waals surface area contributed by atoms with Crippen molar-refractivity contribution in [1.82, 2.24) is 0 Å². The van der Waals surface area contributed by atoms with Gasteiger partial charge in [-0.1, -0.05) is 34.1 Å². The van der Waals surface area contributed by atoms with E-state index in [1.807, 2.05) is 11.3 Å². The molecule has 1 unspecified atom stereocenters. The Morgan fingerprint density at radius 2 is 1.65 bits per heavy atom. The first-order valence-electron chi connectivity index (χ1n) is 5.77. The average molecular weight is 309 g/mol. The van der Waals surface area contributed by atoms with Crippen molar-refractivity contribution in [3.05, 3.63) is 56.3 Å². The molecule has 0 N–H and O–H groups in total. The Morgan fingerprint density at radius 3 is 2.18 bits per heavy atom. The summed E-state index contributed by atoms with van der Waals surface area (Å²) in [6.45, 7) is 8.68. The molecule has 0 aliphatic rings. The zero-order chi connectivity index (χ0) is 12.6. The van der Waals surface area contributed by atoms with Crippen LogP contribution in [0.25, 0.3) is 0 Å². The van der Waals surface area contributed by atoms with E-state index in [0.29, 0.717) is 4.83 Å². The van der Waals surface area contributed by atoms with Gasteiger partial charge in [-0.3, -0.25) is 0 Å². The lowest BCUT2D eigenvalue weighted by molar-refractivity contribution is 1.19. The molecule has 17 heavy (non-hydrogen) atoms. The molecule has 90 valence electrons. The van der Waals surface area contributed by atoms with Gasteiger partial charge in [0.2, 0.25) is 0 Å². The van der Waals surface area contributed by atoms with Gasteiger partial charge in [0, 0.05) is 9.75 Å². The second-order valence-corrected chi connectivity index (χ2v) is 6.80. The molecule has 0 nitrogen and oxygen atoms in total. The van der Waals surface area contributed by atoms with Gasteiger partial charge in [0.1, 0.15) is 0 Å². The lowest BCUT2D eigenvalue weighted by Crippen LogP contribution is -1.91. The summed E-state index contributed by atoms with van der Waals surface area (Å²) >= 11 is 5.69. The zero-order valence-electron chi connectivity index (χ0n) is 10.7. The first-order valence-corrected chi connectivity index (χ1v) is 7.50. The van der Waals surface area contributed by atoms with Gasteiger partial charge >= 0.3 is 0 Å². The molecule has 0 saturated carbocycles. The summed E-state index contributed by atoms with van der Waals surface area (Å²) < 4.78 is 0. The smallest absolute Gasteiger partial charge is 0.0738 e. The van der Waals surface area contributed by atoms with E-state index in [1.165, 1.54) is 32.0 Å². The van der Waals surface area contributed by atoms with Crippen molar-refractivity contribution in [3.8, 4) is 0 Å². The molecule has 1 atom stereocenters. The molecule has 0 aliphatic heterocycles. The van der Waals surface area contributed by atoms with Crippen molar-refractivity contribution >= 4 is 27.3 Å². The topological polar surface area (TPSA) is 0 Å². The molecular formula is C15H17BrS. The molecule has 0 bridgehead atoms. The Kier molecular flexibility index (Phi) is 3.74. The SMILES string of the molecule is Cc1ccc(C(Br)c2cc(C)c(C)s2)cc1C. The Labute approximate surface area is 116 Å². The van der Waals surface area contributed by atoms with Gasteiger partial charge in [0.05, 0.1) is 4.83 Å². The Balaban J connectivity index is 2.36. The van der Waals surface area contributed by atoms with E-state index < -0.39 is 0 Å². The molecule has 0 spiro atoms. The van der Waals surface area contributed by atoms with Gasteiger partial charge in [-0.25, -0.2) is 0 Å². The standard InChI is InChI=1S/C15H17BrS/c1-9-5-6-13(7-10(9)2)15(16)14-8-11(3)12(4)17-14/h5-8,15H,1-4H3. The second-order valence-electron chi connectivity index (χ2n) is 4.59. The third-order valence-corrected chi connectivity index (χ3v) is 5.80. The lowest BCUT2D eigenvalue weighted by Gasteiger charge is -2.10. The fourth-order valence-corrected chi connectivity index (χ4v) is 3.56. The Morgan fingerprint density at radius 1 is 0.941 bits per heavy atom. The fraction of sp³-hybridized carbons (Fsp3) is 0.333. The first kappa shape index (κ1) is 12.8. The minimum atomic E-state index is 0.319. The molecule has 0 fully saturated rings. The van der Waals surface area contributed by atoms with Crippen LogP contribution in [0.15, 0.2) is 24.3 Å². The van der Waals surface area contributed by atoms with Gasteiger partial charge in [-0.05, 0) is 56.0 Å². The fourth-order valence-electron chi connectivity index (χ4n) is 1.81. The molecule has 2 aromatic rings. The largest absolute Gasteiger partial charge is 0.144 e. The maximum atomic E-state index is 3.81. The van der Waals surface area contributed by atoms with Crippen molar-refractivity contribution in [2.45, 2.75) is 32.5 Å². The number of hydrogen-bond acceptors (Lipinski definition) is 1. The lowest BCUT2D eigenvalue weighted by atomic mass is 10.0. The van der Waals surface area contributed by atoms with Crippen molar-refractivity contribution in [2.24, 2.45) is 0 Å². The first-order chi connectivity index (χ1) is 7.99. The summed E-state index contributed by atoms with van der Waals surface area (Å²) in [7, 11) is 0. The molecule has 1 aromatic heterocycles. The summed E-state index contributed by atoms with van der Waals surface area (Å²) in [6.07, 6.45) is 0. The van der Waals surface area contributed by atoms with Crippen LogP contribution in [0.2, 0.25) is 0 Å². The second kappa shape index (κ2) is 4.95. The van der Waals surface area contributed by atoms with E-state index in [4.69, 9.17) is 0 Å². The predicted octanol–water partition coefficient (Wildman–Crippen LogP) is 5.47. The summed E-state index contributed by atoms with van der Waals surface area (Å²) in [5.41, 5.74) is 5.44. The van der Waals surface area contributed by atoms with Crippen LogP contribution in [-0.4, -0.2) is 0 Å². The number of thiophene rings is 1. The molecule has 0 saturated heterocycles. The van der Waals surface area contributed by atoms with Crippen molar-refractivity contribution in [1.29, 1.82) is 0 Å². The van der Waals surface area contributed by atoms with Crippen LogP contribution in [-0.2, 0) is 0 Å². The number of aryl methyl sites for hydroxylation is 4. The van der Waals surface area contributed by atoms with E-state index in [0.717, 1.165) is 0 Å². The van der Waals surface area contributed by atoms with E-state index in [9.17, 15) is 0 Å². The van der Waals surface area contributed by atoms with Gasteiger partial charge in [0.15, 0.2) is 0 Å². The van der Waals surface area contributed by atoms with Gasteiger partial charge in [0.25, 0.3) is 0 Å². The molecule has 1 heterocycles. The average Bonchev–Trinajstić information content (AvgIpc) is 2.62. The summed E-state index contributed by atoms with van der Waals surface area (Å²) in [6, 6.07) is 8.98. The number of benzene rings is 1. The highest BCUT2D eigenvalue weighted by atomic mass is 79.9. The number of halogens is 1. The highest BCUT2D eigenvalue weighted by Gasteiger charge is 2.14. The number of hydrogen-bond donors (Lipinski definition) is 0. The molecule has 2 heteroatoms. The van der Waals surface area contributed by atoms with Crippen LogP contribution in [0.3, 0.4) is 0 Å². The van der Waals surface area contributed by atoms with Crippen LogP contribution in [0.1, 0.15) is 36.8 Å². The molecule has 0 amide bonds. The van der Waals surface area contributed by atoms with Gasteiger partial charge in [-0.2, -0.15) is 0 Å². The quantitative estimate of drug-likeness (QED) is 0.646. The van der Waals surface area contributed by atoms with Gasteiger partial charge in [-0.15, -0.1) is 11.3 Å². The molecule has 2 rings (SSSR count). The van der Waals surface area contributed by atoms with E-state index in [2.05, 4.69) is 67.9 Å². The van der Waals surface area contributed by atoms with E-state index >= 15 is 0 Å². The molecular weight excluding hydrogens is 292 g/mol. The highest BCUT2D eigenvalue weighted by molar-refractivity contribution is 9.09. The minimum absolute atomic E-state index is 0.319. The highest BCUT2D eigenvalue weighted by Crippen LogP contribution is 2.37.